The van der Waals surface area contributed by atoms with Crippen molar-refractivity contribution in [3.05, 3.63) is 71.9 Å². The molecule has 2 aromatic rings. The minimum atomic E-state index is -0.472. The van der Waals surface area contributed by atoms with Crippen LogP contribution in [0.5, 0.6) is 5.75 Å². The predicted octanol–water partition coefficient (Wildman–Crippen LogP) is 3.85. The van der Waals surface area contributed by atoms with Crippen molar-refractivity contribution in [2.75, 3.05) is 19.0 Å². The molecule has 3 aliphatic rings. The number of nitrogens with one attached hydrogen (secondary N) is 2. The molecule has 0 bridgehead atoms. The van der Waals surface area contributed by atoms with Crippen LogP contribution in [0.3, 0.4) is 0 Å². The van der Waals surface area contributed by atoms with Crippen molar-refractivity contribution >= 4 is 23.8 Å². The van der Waals surface area contributed by atoms with Gasteiger partial charge in [-0.2, -0.15) is 5.10 Å². The molecule has 1 saturated heterocycles. The van der Waals surface area contributed by atoms with Crippen LogP contribution in [0, 0.1) is 11.6 Å². The van der Waals surface area contributed by atoms with Crippen LogP contribution in [0.1, 0.15) is 24.4 Å². The topological polar surface area (TPSA) is 81.6 Å². The molecule has 0 spiro atoms. The summed E-state index contributed by atoms with van der Waals surface area (Å²) in [4.78, 5) is 19.3. The first-order valence-electron chi connectivity index (χ1n) is 11.0. The quantitative estimate of drug-likeness (QED) is 0.717. The summed E-state index contributed by atoms with van der Waals surface area (Å²) in [6, 6.07) is 9.36. The smallest absolute Gasteiger partial charge is 0.319 e. The molecule has 2 unspecified atom stereocenters. The van der Waals surface area contributed by atoms with Crippen molar-refractivity contribution in [3.8, 4) is 5.75 Å². The third kappa shape index (κ3) is 4.30. The molecule has 0 aliphatic carbocycles. The van der Waals surface area contributed by atoms with E-state index in [0.29, 0.717) is 35.8 Å². The highest BCUT2D eigenvalue weighted by atomic mass is 19.1. The molecule has 5 rings (SSSR count). The first kappa shape index (κ1) is 21.9. The number of amidine groups is 1. The number of anilines is 1. The highest BCUT2D eigenvalue weighted by Crippen LogP contribution is 2.35. The average molecular weight is 466 g/mol. The fourth-order valence-electron chi connectivity index (χ4n) is 4.46. The van der Waals surface area contributed by atoms with E-state index in [1.165, 1.54) is 6.07 Å². The van der Waals surface area contributed by atoms with Gasteiger partial charge < -0.3 is 20.3 Å². The van der Waals surface area contributed by atoms with Crippen molar-refractivity contribution < 1.29 is 18.3 Å². The number of aliphatic imine (C=N–C) groups is 1. The summed E-state index contributed by atoms with van der Waals surface area (Å²) in [5.74, 6) is 0.449. The largest absolute Gasteiger partial charge is 0.497 e. The van der Waals surface area contributed by atoms with E-state index in [1.807, 2.05) is 11.0 Å². The van der Waals surface area contributed by atoms with Crippen LogP contribution in [-0.4, -0.2) is 53.9 Å². The number of nitrogens with zero attached hydrogens (tertiary/aromatic N) is 4. The van der Waals surface area contributed by atoms with Crippen molar-refractivity contribution in [1.29, 1.82) is 0 Å². The Morgan fingerprint density at radius 2 is 2.00 bits per heavy atom. The lowest BCUT2D eigenvalue weighted by molar-refractivity contribution is 0.241. The number of rotatable bonds is 4. The van der Waals surface area contributed by atoms with Crippen LogP contribution in [0.25, 0.3) is 0 Å². The van der Waals surface area contributed by atoms with Crippen LogP contribution in [0.2, 0.25) is 0 Å². The van der Waals surface area contributed by atoms with Crippen LogP contribution in [0.15, 0.2) is 64.8 Å². The van der Waals surface area contributed by atoms with E-state index < -0.39 is 29.9 Å². The molecule has 1 fully saturated rings. The molecule has 2 amide bonds. The Labute approximate surface area is 195 Å². The predicted molar refractivity (Wildman–Crippen MR) is 125 cm³/mol. The van der Waals surface area contributed by atoms with E-state index in [9.17, 15) is 13.6 Å². The summed E-state index contributed by atoms with van der Waals surface area (Å²) < 4.78 is 33.4. The van der Waals surface area contributed by atoms with Gasteiger partial charge in [0.25, 0.3) is 0 Å². The fourth-order valence-corrected chi connectivity index (χ4v) is 4.46. The molecule has 0 saturated carbocycles. The van der Waals surface area contributed by atoms with Crippen LogP contribution >= 0.6 is 0 Å². The molecule has 8 nitrogen and oxygen atoms in total. The average Bonchev–Trinajstić information content (AvgIpc) is 3.48. The zero-order valence-corrected chi connectivity index (χ0v) is 18.5. The van der Waals surface area contributed by atoms with Gasteiger partial charge in [0, 0.05) is 24.0 Å². The summed E-state index contributed by atoms with van der Waals surface area (Å²) in [5.41, 5.74) is 0.946. The van der Waals surface area contributed by atoms with E-state index in [4.69, 9.17) is 9.73 Å². The second-order valence-corrected chi connectivity index (χ2v) is 8.23. The number of likely N-dealkylation sites (tertiary alicyclic amines) is 1. The number of ether oxygens (including phenoxy) is 1. The zero-order chi connectivity index (χ0) is 23.7. The van der Waals surface area contributed by atoms with Gasteiger partial charge in [0.2, 0.25) is 0 Å². The Bertz CT molecular complexity index is 1170. The summed E-state index contributed by atoms with van der Waals surface area (Å²) >= 11 is 0. The van der Waals surface area contributed by atoms with Crippen molar-refractivity contribution in [1.82, 2.24) is 15.2 Å². The number of carbonyl (C=O) groups is 1. The SMILES string of the molecule is COc1ccc(NC(=O)NC2C=NN3C=CC(N4CCC[C@@H]4c4cc(F)ccc4F)=NC23)cc1. The Balaban J connectivity index is 1.29. The zero-order valence-electron chi connectivity index (χ0n) is 18.5. The van der Waals surface area contributed by atoms with E-state index >= 15 is 0 Å². The van der Waals surface area contributed by atoms with Gasteiger partial charge in [0.1, 0.15) is 29.3 Å². The van der Waals surface area contributed by atoms with Gasteiger partial charge in [-0.15, -0.1) is 0 Å². The molecule has 34 heavy (non-hydrogen) atoms. The van der Waals surface area contributed by atoms with Crippen molar-refractivity contribution in [3.63, 3.8) is 0 Å². The number of hydrogen-bond acceptors (Lipinski definition) is 6. The van der Waals surface area contributed by atoms with E-state index in [1.54, 1.807) is 48.8 Å². The monoisotopic (exact) mass is 466 g/mol. The molecule has 2 N–H and O–H groups in total. The molecule has 2 aromatic carbocycles. The van der Waals surface area contributed by atoms with Gasteiger partial charge in [0.05, 0.1) is 19.4 Å². The summed E-state index contributed by atoms with van der Waals surface area (Å²) in [6.45, 7) is 0.674. The minimum absolute atomic E-state index is 0.308. The number of hydrogen-bond donors (Lipinski definition) is 2. The fraction of sp³-hybridized carbons (Fsp3) is 0.292. The third-order valence-corrected chi connectivity index (χ3v) is 6.10. The van der Waals surface area contributed by atoms with Gasteiger partial charge in [-0.05, 0) is 61.4 Å². The Kier molecular flexibility index (Phi) is 5.87. The highest BCUT2D eigenvalue weighted by Gasteiger charge is 2.36. The first-order valence-corrected chi connectivity index (χ1v) is 11.0. The second-order valence-electron chi connectivity index (χ2n) is 8.23. The summed E-state index contributed by atoms with van der Waals surface area (Å²) in [7, 11) is 1.58. The van der Waals surface area contributed by atoms with Gasteiger partial charge in [-0.3, -0.25) is 0 Å². The maximum Gasteiger partial charge on any atom is 0.319 e. The highest BCUT2D eigenvalue weighted by molar-refractivity contribution is 5.95. The third-order valence-electron chi connectivity index (χ3n) is 6.10. The minimum Gasteiger partial charge on any atom is -0.497 e. The van der Waals surface area contributed by atoms with Crippen LogP contribution < -0.4 is 15.4 Å². The number of hydrazone groups is 1. The first-order chi connectivity index (χ1) is 16.5. The van der Waals surface area contributed by atoms with Gasteiger partial charge in [-0.1, -0.05) is 0 Å². The molecule has 3 aliphatic heterocycles. The lowest BCUT2D eigenvalue weighted by atomic mass is 10.0. The number of amides is 2. The lowest BCUT2D eigenvalue weighted by Crippen LogP contribution is -2.48. The summed E-state index contributed by atoms with van der Waals surface area (Å²) in [5, 5.41) is 11.6. The lowest BCUT2D eigenvalue weighted by Gasteiger charge is -2.32. The number of methoxy groups -OCH3 is 1. The molecule has 3 atom stereocenters. The maximum absolute atomic E-state index is 14.5. The normalized spacial score (nSPS) is 23.0. The molecule has 0 radical (unpaired) electrons. The molecule has 176 valence electrons. The van der Waals surface area contributed by atoms with Crippen molar-refractivity contribution in [2.45, 2.75) is 31.1 Å². The molecule has 10 heteroatoms. The number of carbonyl (C=O) groups excluding carboxylic acids is 1. The summed E-state index contributed by atoms with van der Waals surface area (Å²) in [6.07, 6.45) is 6.28. The Hall–Kier alpha value is -3.95. The Morgan fingerprint density at radius 3 is 2.79 bits per heavy atom. The molecular weight excluding hydrogens is 442 g/mol. The number of urea groups is 1. The maximum atomic E-state index is 14.5. The molecule has 0 aromatic heterocycles. The van der Waals surface area contributed by atoms with Crippen LogP contribution in [-0.2, 0) is 0 Å². The standard InChI is InChI=1S/C24H24F2N6O2/c1-34-17-7-5-16(6-8-17)28-24(33)29-20-14-27-32-12-10-22(30-23(20)32)31-11-2-3-21(31)18-13-15(25)4-9-19(18)26/h4-10,12-14,20-21,23H,2-3,11H2,1H3,(H2,28,29,33)/t20?,21-,23?/m1/s1. The molecular formula is C24H24F2N6O2. The number of benzene rings is 2. The van der Waals surface area contributed by atoms with Gasteiger partial charge >= 0.3 is 6.03 Å². The van der Waals surface area contributed by atoms with E-state index in [2.05, 4.69) is 15.7 Å². The van der Waals surface area contributed by atoms with Crippen LogP contribution in [0.4, 0.5) is 19.3 Å². The van der Waals surface area contributed by atoms with E-state index in [-0.39, 0.29) is 6.04 Å². The van der Waals surface area contributed by atoms with Gasteiger partial charge in [0.15, 0.2) is 6.17 Å². The van der Waals surface area contributed by atoms with E-state index in [0.717, 1.165) is 18.6 Å². The van der Waals surface area contributed by atoms with Gasteiger partial charge in [-0.25, -0.2) is 23.6 Å². The Morgan fingerprint density at radius 1 is 1.18 bits per heavy atom. The second kappa shape index (κ2) is 9.12. The number of halogens is 2. The number of fused-ring (bicyclic) bond motifs is 1. The van der Waals surface area contributed by atoms with Crippen molar-refractivity contribution in [2.24, 2.45) is 10.1 Å². The molecule has 3 heterocycles.